The molecule has 22 heteroatoms. The summed E-state index contributed by atoms with van der Waals surface area (Å²) in [6, 6.07) is 20.2. The molecule has 17 N–H and O–H groups in total. The number of nitrogen functional groups attached to an aromatic ring is 1. The topological polar surface area (TPSA) is 344 Å². The summed E-state index contributed by atoms with van der Waals surface area (Å²) in [7, 11) is 1.80. The fourth-order valence-corrected chi connectivity index (χ4v) is 20.0. The van der Waals surface area contributed by atoms with Crippen LogP contribution >= 0.6 is 7.82 Å². The summed E-state index contributed by atoms with van der Waals surface area (Å²) < 4.78 is 23.3. The van der Waals surface area contributed by atoms with Crippen LogP contribution in [0.4, 0.5) is 17.1 Å². The Hall–Kier alpha value is -4.23. The fraction of sp³-hybridized carbons (Fsp3) is 0.796. The van der Waals surface area contributed by atoms with Crippen molar-refractivity contribution in [3.63, 3.8) is 0 Å². The number of amides is 2. The third-order valence-corrected chi connectivity index (χ3v) is 27.9. The molecule has 4 bridgehead atoms. The molecule has 0 heterocycles. The highest BCUT2D eigenvalue weighted by Gasteiger charge is 2.51. The molecule has 21 nitrogen and oxygen atoms in total. The minimum atomic E-state index is -4.17. The van der Waals surface area contributed by atoms with Crippen LogP contribution in [0.25, 0.3) is 0 Å². The monoisotopic (exact) mass is 1850 g/mol. The Bertz CT molecular complexity index is 3230. The highest BCUT2D eigenvalue weighted by atomic mass is 31.2. The van der Waals surface area contributed by atoms with Gasteiger partial charge in [-0.05, 0) is 174 Å². The van der Waals surface area contributed by atoms with E-state index in [1.54, 1.807) is 42.5 Å². The van der Waals surface area contributed by atoms with Gasteiger partial charge in [0.25, 0.3) is 0 Å². The van der Waals surface area contributed by atoms with Crippen LogP contribution in [0.3, 0.4) is 0 Å². The van der Waals surface area contributed by atoms with E-state index in [0.29, 0.717) is 40.8 Å². The molecule has 0 aromatic heterocycles. The van der Waals surface area contributed by atoms with E-state index in [-0.39, 0.29) is 68.4 Å². The van der Waals surface area contributed by atoms with E-state index in [2.05, 4.69) is 75.1 Å². The first-order valence-electron chi connectivity index (χ1n) is 53.0. The lowest BCUT2D eigenvalue weighted by atomic mass is 9.49. The first-order chi connectivity index (χ1) is 62.7. The van der Waals surface area contributed by atoms with Crippen molar-refractivity contribution >= 4 is 36.7 Å². The quantitative estimate of drug-likeness (QED) is 0.00821. The van der Waals surface area contributed by atoms with Crippen LogP contribution < -0.4 is 38.1 Å². The number of aliphatic hydroxyl groups excluding tert-OH is 7. The van der Waals surface area contributed by atoms with Crippen LogP contribution in [0.15, 0.2) is 84.9 Å². The molecule has 752 valence electrons. The van der Waals surface area contributed by atoms with Crippen molar-refractivity contribution in [3.05, 3.63) is 102 Å². The van der Waals surface area contributed by atoms with Gasteiger partial charge in [-0.1, -0.05) is 346 Å². The van der Waals surface area contributed by atoms with Gasteiger partial charge >= 0.3 is 7.82 Å². The van der Waals surface area contributed by atoms with E-state index in [4.69, 9.17) is 25.6 Å². The number of hydrogen-bond donors (Lipinski definition) is 15. The predicted molar refractivity (Wildman–Crippen MR) is 545 cm³/mol. The number of phosphoric ester groups is 1. The van der Waals surface area contributed by atoms with Crippen LogP contribution in [-0.4, -0.2) is 167 Å². The summed E-state index contributed by atoms with van der Waals surface area (Å²) in [5.74, 6) is 2.71. The number of nitrogens with zero attached hydrogens (tertiary/aromatic N) is 1. The van der Waals surface area contributed by atoms with Gasteiger partial charge in [0.15, 0.2) is 0 Å². The van der Waals surface area contributed by atoms with E-state index in [9.17, 15) is 49.7 Å². The van der Waals surface area contributed by atoms with Crippen molar-refractivity contribution in [2.45, 2.75) is 462 Å². The lowest BCUT2D eigenvalue weighted by Gasteiger charge is -2.56. The summed E-state index contributed by atoms with van der Waals surface area (Å²) in [5, 5.41) is 86.9. The number of nitrogens with two attached hydrogens (primary N) is 2. The molecule has 0 radical (unpaired) electrons. The Morgan fingerprint density at radius 1 is 0.462 bits per heavy atom. The minimum absolute atomic E-state index is 0.0216. The van der Waals surface area contributed by atoms with Gasteiger partial charge in [-0.2, -0.15) is 0 Å². The number of allylic oxidation sites excluding steroid dienone is 1. The molecule has 0 aliphatic heterocycles. The molecule has 4 aliphatic carbocycles. The molecule has 4 fully saturated rings. The summed E-state index contributed by atoms with van der Waals surface area (Å²) in [6.45, 7) is 16.4. The number of phosphoric acid groups is 1. The second-order valence-electron chi connectivity index (χ2n) is 40.5. The zero-order valence-electron chi connectivity index (χ0n) is 84.1. The number of likely N-dealkylation sites (N-methyl/N-ethyl adjacent to an activating group) is 1. The average Bonchev–Trinajstić information content (AvgIpc) is 0.748. The van der Waals surface area contributed by atoms with E-state index in [1.165, 1.54) is 283 Å². The highest BCUT2D eigenvalue weighted by Crippen LogP contribution is 2.61. The van der Waals surface area contributed by atoms with Crippen molar-refractivity contribution < 1.29 is 68.3 Å². The van der Waals surface area contributed by atoms with Crippen molar-refractivity contribution in [1.82, 2.24) is 16.0 Å². The van der Waals surface area contributed by atoms with Crippen LogP contribution in [0.1, 0.15) is 437 Å². The Morgan fingerprint density at radius 2 is 0.808 bits per heavy atom. The van der Waals surface area contributed by atoms with Crippen LogP contribution in [0, 0.1) is 23.2 Å². The molecule has 0 saturated heterocycles. The van der Waals surface area contributed by atoms with Crippen molar-refractivity contribution in [3.8, 4) is 0 Å². The van der Waals surface area contributed by atoms with Gasteiger partial charge in [-0.25, -0.2) is 4.57 Å². The van der Waals surface area contributed by atoms with E-state index in [0.717, 1.165) is 98.9 Å². The van der Waals surface area contributed by atoms with Crippen LogP contribution in [0.5, 0.6) is 0 Å². The highest BCUT2D eigenvalue weighted by molar-refractivity contribution is 7.47. The van der Waals surface area contributed by atoms with Gasteiger partial charge in [0.1, 0.15) is 13.2 Å². The summed E-state index contributed by atoms with van der Waals surface area (Å²) in [4.78, 5) is 35.0. The maximum absolute atomic E-state index is 13.0. The summed E-state index contributed by atoms with van der Waals surface area (Å²) in [6.07, 6.45) is 69.5. The number of aliphatic hydroxyl groups is 7. The maximum atomic E-state index is 13.0. The van der Waals surface area contributed by atoms with Gasteiger partial charge in [0, 0.05) is 42.0 Å². The normalized spacial score (nSPS) is 18.7. The number of unbranched alkanes of at least 4 members (excludes halogenated alkanes) is 40. The molecule has 2 amide bonds. The van der Waals surface area contributed by atoms with Crippen molar-refractivity contribution in [2.24, 2.45) is 28.9 Å². The van der Waals surface area contributed by atoms with Gasteiger partial charge in [0.2, 0.25) is 11.8 Å². The standard InChI is InChI=1S/C35H58N2O3.C29H61N2O5P.C23H42N2O2.C21H36N2O3/c1-3-4-5-6-7-8-9-10-11-12-13-26(2)36-32(25-38)34(40)30-14-16-31(17-15-30)37-33(39)24-35-21-27-18-28(22-35)20-29(19-27)23-35;1-6-8-10-12-13-14-15-16-17-18-19-20-21-23-29(32)28(30-24-22-11-9-7-2)27-36-37(33,34)35-26-25-31(3,4)5;1-3-4-5-6-7-8-9-10-11-12-13-19(2)25-22(18-26)23(27)20-14-16-21(24)17-15-20;1-2-3-4-5-6-7-8-9-10-11-20(25)23-18-14-12-17(13-15-18)21(26)19(22)16-24/h14-17,26-29,32,34,36,38,40H,3-13,18-25H2,1-2H3,(H,37,39);21,23,28-30,32H,6-20,22,24-27H2,1-5H3;14-17,19,22-23,25-27H,3-13,18,24H2,1-2H3;12-15,19,21,24,26H,2-11,16,22H2,1H3,(H,23,25)/p+1/b;23-21+;;. The number of benzene rings is 3. The second-order valence-corrected chi connectivity index (χ2v) is 41.9. The first kappa shape index (κ1) is 120. The van der Waals surface area contributed by atoms with E-state index < -0.39 is 50.4 Å². The SMILES string of the molecule is CCCCCCCCCCCC(=O)Nc1ccc(C(O)C(N)CO)cc1.CCCCCCCCCCCCC(C)NC(CO)C(O)c1ccc(N)cc1.CCCCCCCCCCCCC(C)NC(CO)C(O)c1ccc(NC(=O)CC23CC4CC(CC(C4)C2)C3)cc1.CCCCCCCCCCCCC/C=C/C(O)C(COP(=O)(O)OCC[N+](C)(C)C)NCCCCCC. The third-order valence-electron chi connectivity index (χ3n) is 26.9. The zero-order chi connectivity index (χ0) is 95.3. The lowest BCUT2D eigenvalue weighted by Crippen LogP contribution is -2.47. The first-order valence-corrected chi connectivity index (χ1v) is 54.5. The molecule has 130 heavy (non-hydrogen) atoms. The van der Waals surface area contributed by atoms with E-state index >= 15 is 0 Å². The number of nitrogens with one attached hydrogen (secondary N) is 5. The molecule has 4 aliphatic rings. The number of carbonyl (C=O) groups is 2. The molecule has 7 rings (SSSR count). The second kappa shape index (κ2) is 74.9. The summed E-state index contributed by atoms with van der Waals surface area (Å²) in [5.41, 5.74) is 15.9. The summed E-state index contributed by atoms with van der Waals surface area (Å²) >= 11 is 0. The Labute approximate surface area is 793 Å². The van der Waals surface area contributed by atoms with Gasteiger partial charge in [0.05, 0.1) is 96.2 Å². The van der Waals surface area contributed by atoms with Gasteiger partial charge < -0.3 is 83.2 Å². The smallest absolute Gasteiger partial charge is 0.399 e. The molecule has 0 spiro atoms. The Morgan fingerprint density at radius 3 is 1.18 bits per heavy atom. The Kier molecular flexibility index (Phi) is 69.1. The number of hydrogen-bond acceptors (Lipinski definition) is 17. The molecular weight excluding hydrogens is 1650 g/mol. The largest absolute Gasteiger partial charge is 0.472 e. The van der Waals surface area contributed by atoms with Crippen LogP contribution in [0.2, 0.25) is 0 Å². The minimum Gasteiger partial charge on any atom is -0.399 e. The van der Waals surface area contributed by atoms with Crippen molar-refractivity contribution in [1.29, 1.82) is 0 Å². The number of anilines is 3. The molecule has 11 unspecified atom stereocenters. The number of quaternary nitrogens is 1. The Balaban J connectivity index is 0.000000454. The molecule has 3 aromatic carbocycles. The van der Waals surface area contributed by atoms with Crippen molar-refractivity contribution in [2.75, 3.05) is 83.6 Å². The molecule has 11 atom stereocenters. The predicted octanol–water partition coefficient (Wildman–Crippen LogP) is 23.7. The molecule has 3 aromatic rings. The number of rotatable bonds is 76. The molecular formula is C108H198N8O13P+. The average molecular weight is 1850 g/mol. The third kappa shape index (κ3) is 58.4. The van der Waals surface area contributed by atoms with Gasteiger partial charge in [-0.15, -0.1) is 0 Å². The molecule has 4 saturated carbocycles. The number of carbonyl (C=O) groups excluding carboxylic acids is 2. The fourth-order valence-electron chi connectivity index (χ4n) is 19.2. The maximum Gasteiger partial charge on any atom is 0.472 e. The van der Waals surface area contributed by atoms with E-state index in [1.807, 2.05) is 63.6 Å². The lowest BCUT2D eigenvalue weighted by molar-refractivity contribution is -0.870. The van der Waals surface area contributed by atoms with Gasteiger partial charge in [-0.3, -0.25) is 18.6 Å². The zero-order valence-corrected chi connectivity index (χ0v) is 85.0. The van der Waals surface area contributed by atoms with Crippen LogP contribution in [-0.2, 0) is 23.2 Å².